The molecule has 0 unspecified atom stereocenters. The van der Waals surface area contributed by atoms with Crippen molar-refractivity contribution in [3.05, 3.63) is 0 Å². The highest BCUT2D eigenvalue weighted by atomic mass is 16.5. The van der Waals surface area contributed by atoms with E-state index < -0.39 is 0 Å². The SMILES string of the molecule is CCOC[C@H](CC(C)(C)C)OCC. The van der Waals surface area contributed by atoms with Crippen molar-refractivity contribution in [1.82, 2.24) is 0 Å². The molecule has 1 atom stereocenters. The van der Waals surface area contributed by atoms with E-state index in [-0.39, 0.29) is 6.10 Å². The summed E-state index contributed by atoms with van der Waals surface area (Å²) < 4.78 is 11.0. The Kier molecular flexibility index (Phi) is 6.35. The van der Waals surface area contributed by atoms with E-state index in [1.807, 2.05) is 13.8 Å². The Hall–Kier alpha value is -0.0800. The Bertz CT molecular complexity index is 116. The van der Waals surface area contributed by atoms with E-state index in [4.69, 9.17) is 9.47 Å². The van der Waals surface area contributed by atoms with Gasteiger partial charge in [0.05, 0.1) is 12.7 Å². The predicted molar refractivity (Wildman–Crippen MR) is 56.0 cm³/mol. The van der Waals surface area contributed by atoms with Crippen molar-refractivity contribution in [2.45, 2.75) is 47.1 Å². The molecule has 0 heterocycles. The van der Waals surface area contributed by atoms with E-state index in [0.29, 0.717) is 5.41 Å². The van der Waals surface area contributed by atoms with E-state index in [2.05, 4.69) is 20.8 Å². The molecule has 2 nitrogen and oxygen atoms in total. The smallest absolute Gasteiger partial charge is 0.0813 e. The van der Waals surface area contributed by atoms with Crippen molar-refractivity contribution in [2.24, 2.45) is 5.41 Å². The Morgan fingerprint density at radius 3 is 2.08 bits per heavy atom. The fourth-order valence-corrected chi connectivity index (χ4v) is 1.33. The van der Waals surface area contributed by atoms with Gasteiger partial charge in [0.15, 0.2) is 0 Å². The molecule has 13 heavy (non-hydrogen) atoms. The second kappa shape index (κ2) is 6.39. The van der Waals surface area contributed by atoms with Gasteiger partial charge in [0.25, 0.3) is 0 Å². The van der Waals surface area contributed by atoms with E-state index in [0.717, 1.165) is 26.2 Å². The molecule has 0 aliphatic carbocycles. The van der Waals surface area contributed by atoms with Crippen molar-refractivity contribution in [3.8, 4) is 0 Å². The van der Waals surface area contributed by atoms with Gasteiger partial charge >= 0.3 is 0 Å². The van der Waals surface area contributed by atoms with Crippen LogP contribution >= 0.6 is 0 Å². The molecule has 0 aliphatic rings. The molecule has 0 saturated carbocycles. The predicted octanol–water partition coefficient (Wildman–Crippen LogP) is 2.86. The molecule has 0 radical (unpaired) electrons. The van der Waals surface area contributed by atoms with Crippen LogP contribution in [0.4, 0.5) is 0 Å². The summed E-state index contributed by atoms with van der Waals surface area (Å²) in [5.41, 5.74) is 0.316. The van der Waals surface area contributed by atoms with Gasteiger partial charge in [-0.15, -0.1) is 0 Å². The van der Waals surface area contributed by atoms with Gasteiger partial charge in [-0.1, -0.05) is 20.8 Å². The summed E-state index contributed by atoms with van der Waals surface area (Å²) >= 11 is 0. The molecule has 0 aromatic heterocycles. The highest BCUT2D eigenvalue weighted by Crippen LogP contribution is 2.22. The third-order valence-corrected chi connectivity index (χ3v) is 1.75. The average Bonchev–Trinajstić information content (AvgIpc) is 1.98. The summed E-state index contributed by atoms with van der Waals surface area (Å²) in [7, 11) is 0. The third kappa shape index (κ3) is 8.26. The summed E-state index contributed by atoms with van der Waals surface area (Å²) in [4.78, 5) is 0. The van der Waals surface area contributed by atoms with Crippen LogP contribution in [0.25, 0.3) is 0 Å². The zero-order chi connectivity index (χ0) is 10.3. The Morgan fingerprint density at radius 2 is 1.69 bits per heavy atom. The van der Waals surface area contributed by atoms with E-state index in [1.165, 1.54) is 0 Å². The number of hydrogen-bond donors (Lipinski definition) is 0. The second-order valence-electron chi connectivity index (χ2n) is 4.50. The quantitative estimate of drug-likeness (QED) is 0.638. The zero-order valence-corrected chi connectivity index (χ0v) is 9.72. The standard InChI is InChI=1S/C11H24O2/c1-6-12-9-10(13-7-2)8-11(3,4)5/h10H,6-9H2,1-5H3/t10-/m0/s1. The van der Waals surface area contributed by atoms with E-state index >= 15 is 0 Å². The monoisotopic (exact) mass is 188 g/mol. The van der Waals surface area contributed by atoms with Crippen LogP contribution in [0.3, 0.4) is 0 Å². The summed E-state index contributed by atoms with van der Waals surface area (Å²) in [5, 5.41) is 0. The minimum atomic E-state index is 0.255. The molecule has 0 aromatic carbocycles. The molecular formula is C11H24O2. The molecule has 2 heteroatoms. The first kappa shape index (κ1) is 12.9. The number of hydrogen-bond acceptors (Lipinski definition) is 2. The molecule has 0 spiro atoms. The van der Waals surface area contributed by atoms with Crippen LogP contribution in [0.1, 0.15) is 41.0 Å². The molecule has 0 fully saturated rings. The first-order chi connectivity index (χ1) is 5.99. The lowest BCUT2D eigenvalue weighted by molar-refractivity contribution is -0.0272. The lowest BCUT2D eigenvalue weighted by Crippen LogP contribution is -2.25. The average molecular weight is 188 g/mol. The molecule has 0 saturated heterocycles. The van der Waals surface area contributed by atoms with Gasteiger partial charge < -0.3 is 9.47 Å². The summed E-state index contributed by atoms with van der Waals surface area (Å²) in [6.07, 6.45) is 1.31. The molecule has 80 valence electrons. The maximum absolute atomic E-state index is 5.60. The molecule has 0 amide bonds. The van der Waals surface area contributed by atoms with Gasteiger partial charge in [-0.2, -0.15) is 0 Å². The summed E-state index contributed by atoms with van der Waals surface area (Å²) in [6.45, 7) is 13.0. The number of ether oxygens (including phenoxy) is 2. The van der Waals surface area contributed by atoms with Crippen molar-refractivity contribution < 1.29 is 9.47 Å². The van der Waals surface area contributed by atoms with Gasteiger partial charge in [-0.25, -0.2) is 0 Å². The minimum absolute atomic E-state index is 0.255. The molecule has 0 aromatic rings. The number of rotatable bonds is 6. The summed E-state index contributed by atoms with van der Waals surface area (Å²) in [6, 6.07) is 0. The van der Waals surface area contributed by atoms with Crippen LogP contribution in [0, 0.1) is 5.41 Å². The molecule has 0 bridgehead atoms. The van der Waals surface area contributed by atoms with Gasteiger partial charge in [-0.3, -0.25) is 0 Å². The lowest BCUT2D eigenvalue weighted by atomic mass is 9.89. The Balaban J connectivity index is 3.79. The minimum Gasteiger partial charge on any atom is -0.379 e. The summed E-state index contributed by atoms with van der Waals surface area (Å²) in [5.74, 6) is 0. The van der Waals surface area contributed by atoms with E-state index in [1.54, 1.807) is 0 Å². The largest absolute Gasteiger partial charge is 0.379 e. The topological polar surface area (TPSA) is 18.5 Å². The molecule has 0 aliphatic heterocycles. The van der Waals surface area contributed by atoms with Crippen molar-refractivity contribution in [2.75, 3.05) is 19.8 Å². The fourth-order valence-electron chi connectivity index (χ4n) is 1.33. The maximum atomic E-state index is 5.60. The van der Waals surface area contributed by atoms with Crippen molar-refractivity contribution >= 4 is 0 Å². The van der Waals surface area contributed by atoms with Crippen LogP contribution in [0.15, 0.2) is 0 Å². The Labute approximate surface area is 82.6 Å². The van der Waals surface area contributed by atoms with Crippen LogP contribution in [0.2, 0.25) is 0 Å². The second-order valence-corrected chi connectivity index (χ2v) is 4.50. The lowest BCUT2D eigenvalue weighted by Gasteiger charge is -2.25. The highest BCUT2D eigenvalue weighted by Gasteiger charge is 2.18. The van der Waals surface area contributed by atoms with Crippen LogP contribution in [-0.4, -0.2) is 25.9 Å². The normalized spacial score (nSPS) is 14.5. The zero-order valence-electron chi connectivity index (χ0n) is 9.72. The highest BCUT2D eigenvalue weighted by molar-refractivity contribution is 4.69. The fraction of sp³-hybridized carbons (Fsp3) is 1.00. The first-order valence-electron chi connectivity index (χ1n) is 5.19. The van der Waals surface area contributed by atoms with Crippen molar-refractivity contribution in [3.63, 3.8) is 0 Å². The van der Waals surface area contributed by atoms with Gasteiger partial charge in [0.2, 0.25) is 0 Å². The Morgan fingerprint density at radius 1 is 1.08 bits per heavy atom. The van der Waals surface area contributed by atoms with Crippen LogP contribution in [0.5, 0.6) is 0 Å². The first-order valence-corrected chi connectivity index (χ1v) is 5.19. The van der Waals surface area contributed by atoms with Gasteiger partial charge in [-0.05, 0) is 25.7 Å². The molecular weight excluding hydrogens is 164 g/mol. The third-order valence-electron chi connectivity index (χ3n) is 1.75. The van der Waals surface area contributed by atoms with Crippen LogP contribution in [-0.2, 0) is 9.47 Å². The van der Waals surface area contributed by atoms with Gasteiger partial charge in [0, 0.05) is 13.2 Å². The molecule has 0 rings (SSSR count). The molecule has 0 N–H and O–H groups in total. The van der Waals surface area contributed by atoms with Gasteiger partial charge in [0.1, 0.15) is 0 Å². The maximum Gasteiger partial charge on any atom is 0.0813 e. The van der Waals surface area contributed by atoms with E-state index in [9.17, 15) is 0 Å². The van der Waals surface area contributed by atoms with Crippen LogP contribution < -0.4 is 0 Å². The van der Waals surface area contributed by atoms with Crippen molar-refractivity contribution in [1.29, 1.82) is 0 Å².